The van der Waals surface area contributed by atoms with Gasteiger partial charge in [0.15, 0.2) is 0 Å². The summed E-state index contributed by atoms with van der Waals surface area (Å²) in [4.78, 5) is 5.03. The van der Waals surface area contributed by atoms with Crippen LogP contribution in [0.25, 0.3) is 0 Å². The molecule has 2 nitrogen and oxygen atoms in total. The van der Waals surface area contributed by atoms with Crippen LogP contribution in [-0.2, 0) is 4.84 Å². The Morgan fingerprint density at radius 3 is 1.75 bits per heavy atom. The Morgan fingerprint density at radius 2 is 1.38 bits per heavy atom. The van der Waals surface area contributed by atoms with Crippen molar-refractivity contribution in [1.82, 2.24) is 5.48 Å². The van der Waals surface area contributed by atoms with Crippen LogP contribution in [0.2, 0.25) is 0 Å². The topological polar surface area (TPSA) is 21.3 Å². The van der Waals surface area contributed by atoms with Crippen molar-refractivity contribution in [2.75, 3.05) is 0 Å². The van der Waals surface area contributed by atoms with E-state index in [-0.39, 0.29) is 0 Å². The normalized spacial score (nSPS) is 46.3. The molecule has 4 rings (SSSR count). The Kier molecular flexibility index (Phi) is 2.27. The Labute approximate surface area is 92.5 Å². The van der Waals surface area contributed by atoms with E-state index >= 15 is 0 Å². The van der Waals surface area contributed by atoms with E-state index in [0.29, 0.717) is 17.8 Å². The summed E-state index contributed by atoms with van der Waals surface area (Å²) in [6.45, 7) is 0. The average molecular weight is 235 g/mol. The average Bonchev–Trinajstić information content (AvgIpc) is 2.11. The maximum atomic E-state index is 12.1. The lowest BCUT2D eigenvalue weighted by atomic mass is 9.54. The molecule has 4 aliphatic carbocycles. The second kappa shape index (κ2) is 3.35. The van der Waals surface area contributed by atoms with Gasteiger partial charge in [0.2, 0.25) is 0 Å². The van der Waals surface area contributed by atoms with Crippen LogP contribution < -0.4 is 5.48 Å². The van der Waals surface area contributed by atoms with Crippen molar-refractivity contribution in [3.63, 3.8) is 0 Å². The number of alkyl halides is 3. The number of rotatable bonds is 2. The molecule has 0 aliphatic heterocycles. The fourth-order valence-electron chi connectivity index (χ4n) is 4.32. The number of hydrogen-bond acceptors (Lipinski definition) is 2. The minimum absolute atomic E-state index is 0.524. The molecular formula is C11H16F3NO. The van der Waals surface area contributed by atoms with E-state index in [4.69, 9.17) is 4.84 Å². The van der Waals surface area contributed by atoms with E-state index in [1.54, 1.807) is 0 Å². The monoisotopic (exact) mass is 235 g/mol. The summed E-state index contributed by atoms with van der Waals surface area (Å²) in [5, 5.41) is 0. The van der Waals surface area contributed by atoms with Crippen molar-refractivity contribution in [3.05, 3.63) is 0 Å². The van der Waals surface area contributed by atoms with Gasteiger partial charge in [0.05, 0.1) is 5.60 Å². The smallest absolute Gasteiger partial charge is 0.287 e. The molecule has 0 spiro atoms. The SMILES string of the molecule is FC(F)(F)NOC12CC3CC(CC(C3)C1)C2. The molecule has 4 bridgehead atoms. The minimum Gasteiger partial charge on any atom is -0.287 e. The molecule has 0 atom stereocenters. The van der Waals surface area contributed by atoms with Gasteiger partial charge in [-0.1, -0.05) is 0 Å². The van der Waals surface area contributed by atoms with E-state index < -0.39 is 11.9 Å². The van der Waals surface area contributed by atoms with E-state index in [9.17, 15) is 13.2 Å². The molecule has 1 N–H and O–H groups in total. The first kappa shape index (κ1) is 10.8. The van der Waals surface area contributed by atoms with Gasteiger partial charge in [0.1, 0.15) is 0 Å². The Hall–Kier alpha value is -0.290. The molecule has 0 heterocycles. The van der Waals surface area contributed by atoms with Crippen LogP contribution in [0.3, 0.4) is 0 Å². The molecule has 0 radical (unpaired) electrons. The zero-order valence-electron chi connectivity index (χ0n) is 9.02. The maximum absolute atomic E-state index is 12.1. The van der Waals surface area contributed by atoms with Crippen LogP contribution in [0.1, 0.15) is 38.5 Å². The van der Waals surface area contributed by atoms with Crippen LogP contribution in [0.15, 0.2) is 0 Å². The van der Waals surface area contributed by atoms with E-state index in [0.717, 1.165) is 19.3 Å². The lowest BCUT2D eigenvalue weighted by Crippen LogP contribution is -2.55. The highest BCUT2D eigenvalue weighted by atomic mass is 19.4. The van der Waals surface area contributed by atoms with Gasteiger partial charge in [0.25, 0.3) is 0 Å². The highest BCUT2D eigenvalue weighted by Crippen LogP contribution is 2.56. The summed E-state index contributed by atoms with van der Waals surface area (Å²) in [6, 6.07) is 0. The van der Waals surface area contributed by atoms with Crippen molar-refractivity contribution >= 4 is 0 Å². The quantitative estimate of drug-likeness (QED) is 0.587. The molecule has 4 saturated carbocycles. The van der Waals surface area contributed by atoms with Gasteiger partial charge in [-0.15, -0.1) is 5.48 Å². The summed E-state index contributed by atoms with van der Waals surface area (Å²) in [6.07, 6.45) is 1.60. The Balaban J connectivity index is 1.69. The third kappa shape index (κ3) is 1.95. The van der Waals surface area contributed by atoms with Crippen LogP contribution in [0.4, 0.5) is 13.2 Å². The standard InChI is InChI=1S/C11H16F3NO/c12-11(13,14)15-16-10-4-7-1-8(5-10)3-9(2-7)6-10/h7-9,15H,1-6H2. The zero-order chi connectivity index (χ0) is 11.4. The molecule has 0 aromatic rings. The molecule has 5 heteroatoms. The van der Waals surface area contributed by atoms with Gasteiger partial charge >= 0.3 is 6.30 Å². The molecule has 92 valence electrons. The molecule has 0 saturated heterocycles. The van der Waals surface area contributed by atoms with Crippen molar-refractivity contribution in [2.24, 2.45) is 17.8 Å². The second-order valence-corrected chi connectivity index (χ2v) is 5.80. The number of halogens is 3. The molecule has 4 fully saturated rings. The van der Waals surface area contributed by atoms with Crippen molar-refractivity contribution in [3.8, 4) is 0 Å². The second-order valence-electron chi connectivity index (χ2n) is 5.80. The third-order valence-electron chi connectivity index (χ3n) is 4.37. The van der Waals surface area contributed by atoms with E-state index in [2.05, 4.69) is 0 Å². The van der Waals surface area contributed by atoms with Crippen LogP contribution in [0, 0.1) is 17.8 Å². The first-order valence-corrected chi connectivity index (χ1v) is 5.96. The number of hydroxylamine groups is 1. The first-order chi connectivity index (χ1) is 7.44. The largest absolute Gasteiger partial charge is 0.480 e. The van der Waals surface area contributed by atoms with E-state index in [1.807, 2.05) is 0 Å². The first-order valence-electron chi connectivity index (χ1n) is 5.96. The van der Waals surface area contributed by atoms with Gasteiger partial charge in [-0.2, -0.15) is 13.2 Å². The van der Waals surface area contributed by atoms with Crippen LogP contribution in [0.5, 0.6) is 0 Å². The summed E-state index contributed by atoms with van der Waals surface area (Å²) < 4.78 is 36.3. The predicted molar refractivity (Wildman–Crippen MR) is 51.2 cm³/mol. The Bertz CT molecular complexity index is 254. The van der Waals surface area contributed by atoms with Crippen LogP contribution in [-0.4, -0.2) is 11.9 Å². The molecule has 0 aromatic carbocycles. The van der Waals surface area contributed by atoms with Crippen molar-refractivity contribution in [2.45, 2.75) is 50.4 Å². The maximum Gasteiger partial charge on any atom is 0.480 e. The predicted octanol–water partition coefficient (Wildman–Crippen LogP) is 3.00. The summed E-state index contributed by atoms with van der Waals surface area (Å²) >= 11 is 0. The highest BCUT2D eigenvalue weighted by molar-refractivity contribution is 5.02. The fourth-order valence-corrected chi connectivity index (χ4v) is 4.32. The Morgan fingerprint density at radius 1 is 0.938 bits per heavy atom. The molecule has 4 aliphatic rings. The molecular weight excluding hydrogens is 219 g/mol. The van der Waals surface area contributed by atoms with Gasteiger partial charge in [-0.25, -0.2) is 0 Å². The molecule has 0 unspecified atom stereocenters. The minimum atomic E-state index is -4.43. The third-order valence-corrected chi connectivity index (χ3v) is 4.37. The summed E-state index contributed by atoms with van der Waals surface area (Å²) in [5.41, 5.74) is 0.755. The van der Waals surface area contributed by atoms with Crippen molar-refractivity contribution in [1.29, 1.82) is 0 Å². The van der Waals surface area contributed by atoms with Gasteiger partial charge in [0, 0.05) is 0 Å². The van der Waals surface area contributed by atoms with Crippen LogP contribution >= 0.6 is 0 Å². The lowest BCUT2D eigenvalue weighted by Gasteiger charge is -2.55. The lowest BCUT2D eigenvalue weighted by molar-refractivity contribution is -0.297. The number of nitrogens with one attached hydrogen (secondary N) is 1. The van der Waals surface area contributed by atoms with Crippen molar-refractivity contribution < 1.29 is 18.0 Å². The molecule has 16 heavy (non-hydrogen) atoms. The highest BCUT2D eigenvalue weighted by Gasteiger charge is 2.53. The van der Waals surface area contributed by atoms with Gasteiger partial charge in [-0.3, -0.25) is 4.84 Å². The molecule has 0 amide bonds. The summed E-state index contributed by atoms with van der Waals surface area (Å²) in [7, 11) is 0. The van der Waals surface area contributed by atoms with E-state index in [1.165, 1.54) is 24.7 Å². The van der Waals surface area contributed by atoms with Gasteiger partial charge in [-0.05, 0) is 56.3 Å². The zero-order valence-corrected chi connectivity index (χ0v) is 9.02. The summed E-state index contributed by atoms with van der Waals surface area (Å²) in [5.74, 6) is 1.80. The molecule has 0 aromatic heterocycles. The fraction of sp³-hybridized carbons (Fsp3) is 1.00. The van der Waals surface area contributed by atoms with Gasteiger partial charge < -0.3 is 0 Å². The number of hydrogen-bond donors (Lipinski definition) is 1.